The predicted octanol–water partition coefficient (Wildman–Crippen LogP) is 2.40. The average molecular weight is 260 g/mol. The molecule has 3 heteroatoms. The number of hydrogen-bond donors (Lipinski definition) is 2. The molecular formula is C16H24N2O. The van der Waals surface area contributed by atoms with Crippen molar-refractivity contribution in [2.45, 2.75) is 57.0 Å². The van der Waals surface area contributed by atoms with Crippen molar-refractivity contribution in [1.82, 2.24) is 5.32 Å². The number of hydrogen-bond acceptors (Lipinski definition) is 2. The van der Waals surface area contributed by atoms with Crippen molar-refractivity contribution in [3.05, 3.63) is 35.9 Å². The fourth-order valence-corrected chi connectivity index (χ4v) is 2.82. The van der Waals surface area contributed by atoms with Gasteiger partial charge in [-0.15, -0.1) is 0 Å². The van der Waals surface area contributed by atoms with E-state index in [1.54, 1.807) is 0 Å². The van der Waals surface area contributed by atoms with E-state index in [1.807, 2.05) is 30.3 Å². The van der Waals surface area contributed by atoms with E-state index < -0.39 is 0 Å². The van der Waals surface area contributed by atoms with Crippen LogP contribution in [0.15, 0.2) is 30.3 Å². The zero-order valence-electron chi connectivity index (χ0n) is 11.5. The first kappa shape index (κ1) is 14.1. The van der Waals surface area contributed by atoms with Gasteiger partial charge in [0.2, 0.25) is 5.91 Å². The Hall–Kier alpha value is -1.35. The predicted molar refractivity (Wildman–Crippen MR) is 77.8 cm³/mol. The minimum atomic E-state index is -0.245. The topological polar surface area (TPSA) is 55.1 Å². The molecule has 0 spiro atoms. The zero-order valence-corrected chi connectivity index (χ0v) is 11.5. The van der Waals surface area contributed by atoms with Crippen LogP contribution in [-0.2, 0) is 11.2 Å². The molecule has 3 N–H and O–H groups in total. The van der Waals surface area contributed by atoms with Crippen molar-refractivity contribution in [2.24, 2.45) is 5.73 Å². The fourth-order valence-electron chi connectivity index (χ4n) is 2.82. The number of carbonyl (C=O) groups excluding carboxylic acids is 1. The molecule has 19 heavy (non-hydrogen) atoms. The van der Waals surface area contributed by atoms with Crippen LogP contribution in [0.4, 0.5) is 0 Å². The monoisotopic (exact) mass is 260 g/mol. The van der Waals surface area contributed by atoms with Crippen molar-refractivity contribution in [3.8, 4) is 0 Å². The molecule has 0 aliphatic heterocycles. The summed E-state index contributed by atoms with van der Waals surface area (Å²) in [6.45, 7) is 0. The molecule has 1 atom stereocenters. The first-order valence-electron chi connectivity index (χ1n) is 7.35. The van der Waals surface area contributed by atoms with Crippen LogP contribution in [-0.4, -0.2) is 18.0 Å². The van der Waals surface area contributed by atoms with Crippen LogP contribution in [0.25, 0.3) is 0 Å². The molecule has 1 saturated carbocycles. The molecule has 1 amide bonds. The maximum absolute atomic E-state index is 11.6. The van der Waals surface area contributed by atoms with Gasteiger partial charge in [-0.25, -0.2) is 0 Å². The highest BCUT2D eigenvalue weighted by atomic mass is 16.1. The fraction of sp³-hybridized carbons (Fsp3) is 0.562. The summed E-state index contributed by atoms with van der Waals surface area (Å²) in [6.07, 6.45) is 8.17. The summed E-state index contributed by atoms with van der Waals surface area (Å²) in [5.41, 5.74) is 6.70. The van der Waals surface area contributed by atoms with Crippen LogP contribution in [0.5, 0.6) is 0 Å². The Morgan fingerprint density at radius 3 is 2.37 bits per heavy atom. The summed E-state index contributed by atoms with van der Waals surface area (Å²) in [6, 6.07) is 10.3. The number of rotatable bonds is 5. The van der Waals surface area contributed by atoms with E-state index in [4.69, 9.17) is 5.73 Å². The number of carbonyl (C=O) groups is 1. The largest absolute Gasteiger partial charge is 0.368 e. The number of amides is 1. The van der Waals surface area contributed by atoms with E-state index in [0.29, 0.717) is 12.5 Å². The van der Waals surface area contributed by atoms with Crippen molar-refractivity contribution in [2.75, 3.05) is 0 Å². The first-order chi connectivity index (χ1) is 9.25. The van der Waals surface area contributed by atoms with Gasteiger partial charge in [0.1, 0.15) is 0 Å². The van der Waals surface area contributed by atoms with Gasteiger partial charge >= 0.3 is 0 Å². The third-order valence-corrected chi connectivity index (χ3v) is 3.92. The normalized spacial score (nSPS) is 18.7. The number of nitrogens with two attached hydrogens (primary N) is 1. The van der Waals surface area contributed by atoms with Crippen LogP contribution in [0.2, 0.25) is 0 Å². The summed E-state index contributed by atoms with van der Waals surface area (Å²) in [5, 5.41) is 3.47. The maximum Gasteiger partial charge on any atom is 0.234 e. The Morgan fingerprint density at radius 1 is 1.16 bits per heavy atom. The molecule has 1 fully saturated rings. The minimum absolute atomic E-state index is 0.243. The Bertz CT molecular complexity index is 383. The van der Waals surface area contributed by atoms with Gasteiger partial charge in [0, 0.05) is 6.04 Å². The van der Waals surface area contributed by atoms with E-state index in [0.717, 1.165) is 5.56 Å². The molecule has 1 unspecified atom stereocenters. The molecule has 1 aromatic carbocycles. The van der Waals surface area contributed by atoms with Crippen LogP contribution < -0.4 is 11.1 Å². The average Bonchev–Trinajstić information content (AvgIpc) is 2.68. The van der Waals surface area contributed by atoms with Gasteiger partial charge in [-0.3, -0.25) is 4.79 Å². The van der Waals surface area contributed by atoms with E-state index in [9.17, 15) is 4.79 Å². The Balaban J connectivity index is 1.94. The van der Waals surface area contributed by atoms with Crippen molar-refractivity contribution >= 4 is 5.91 Å². The second-order valence-electron chi connectivity index (χ2n) is 5.50. The lowest BCUT2D eigenvalue weighted by Gasteiger charge is -2.23. The van der Waals surface area contributed by atoms with Gasteiger partial charge in [0.15, 0.2) is 0 Å². The summed E-state index contributed by atoms with van der Waals surface area (Å²) in [4.78, 5) is 11.6. The zero-order chi connectivity index (χ0) is 13.5. The maximum atomic E-state index is 11.6. The van der Waals surface area contributed by atoms with Crippen molar-refractivity contribution < 1.29 is 4.79 Å². The smallest absolute Gasteiger partial charge is 0.234 e. The van der Waals surface area contributed by atoms with Gasteiger partial charge in [-0.2, -0.15) is 0 Å². The molecule has 1 aliphatic rings. The Morgan fingerprint density at radius 2 is 1.79 bits per heavy atom. The summed E-state index contributed by atoms with van der Waals surface area (Å²) < 4.78 is 0. The van der Waals surface area contributed by atoms with Gasteiger partial charge in [0.25, 0.3) is 0 Å². The van der Waals surface area contributed by atoms with Crippen LogP contribution >= 0.6 is 0 Å². The van der Waals surface area contributed by atoms with E-state index >= 15 is 0 Å². The third kappa shape index (κ3) is 4.67. The Labute approximate surface area is 115 Å². The summed E-state index contributed by atoms with van der Waals surface area (Å²) >= 11 is 0. The lowest BCUT2D eigenvalue weighted by molar-refractivity contribution is -0.120. The molecule has 104 valence electrons. The standard InChI is InChI=1S/C16H24N2O/c17-16(19)15(12-13-8-4-3-5-9-13)18-14-10-6-1-2-7-11-14/h3-5,8-9,14-15,18H,1-2,6-7,10-12H2,(H2,17,19). The molecule has 0 heterocycles. The minimum Gasteiger partial charge on any atom is -0.368 e. The first-order valence-corrected chi connectivity index (χ1v) is 7.35. The van der Waals surface area contributed by atoms with E-state index in [1.165, 1.54) is 38.5 Å². The molecule has 0 radical (unpaired) electrons. The molecule has 2 rings (SSSR count). The Kier molecular flexibility index (Phi) is 5.40. The molecular weight excluding hydrogens is 236 g/mol. The second-order valence-corrected chi connectivity index (χ2v) is 5.50. The lowest BCUT2D eigenvalue weighted by atomic mass is 10.0. The highest BCUT2D eigenvalue weighted by molar-refractivity contribution is 5.80. The second kappa shape index (κ2) is 7.29. The quantitative estimate of drug-likeness (QED) is 0.799. The molecule has 0 aromatic heterocycles. The lowest BCUT2D eigenvalue weighted by Crippen LogP contribution is -2.47. The van der Waals surface area contributed by atoms with Crippen molar-refractivity contribution in [1.29, 1.82) is 0 Å². The summed E-state index contributed by atoms with van der Waals surface area (Å²) in [5.74, 6) is -0.243. The van der Waals surface area contributed by atoms with Gasteiger partial charge in [-0.1, -0.05) is 56.0 Å². The number of primary amides is 1. The SMILES string of the molecule is NC(=O)C(Cc1ccccc1)NC1CCCCCC1. The molecule has 3 nitrogen and oxygen atoms in total. The van der Waals surface area contributed by atoms with Gasteiger partial charge < -0.3 is 11.1 Å². The highest BCUT2D eigenvalue weighted by Gasteiger charge is 2.21. The molecule has 1 aromatic rings. The number of benzene rings is 1. The summed E-state index contributed by atoms with van der Waals surface area (Å²) in [7, 11) is 0. The molecule has 0 saturated heterocycles. The highest BCUT2D eigenvalue weighted by Crippen LogP contribution is 2.18. The van der Waals surface area contributed by atoms with Crippen LogP contribution in [0, 0.1) is 0 Å². The molecule has 0 bridgehead atoms. The van der Waals surface area contributed by atoms with Gasteiger partial charge in [0.05, 0.1) is 6.04 Å². The van der Waals surface area contributed by atoms with E-state index in [2.05, 4.69) is 5.32 Å². The van der Waals surface area contributed by atoms with Crippen LogP contribution in [0.3, 0.4) is 0 Å². The third-order valence-electron chi connectivity index (χ3n) is 3.92. The number of nitrogens with one attached hydrogen (secondary N) is 1. The van der Waals surface area contributed by atoms with Crippen molar-refractivity contribution in [3.63, 3.8) is 0 Å². The van der Waals surface area contributed by atoms with Crippen LogP contribution in [0.1, 0.15) is 44.1 Å². The van der Waals surface area contributed by atoms with E-state index in [-0.39, 0.29) is 11.9 Å². The van der Waals surface area contributed by atoms with Gasteiger partial charge in [-0.05, 0) is 24.8 Å². The molecule has 1 aliphatic carbocycles.